The first-order valence-electron chi connectivity index (χ1n) is 13.1. The van der Waals surface area contributed by atoms with Crippen LogP contribution in [0.1, 0.15) is 64.1 Å². The summed E-state index contributed by atoms with van der Waals surface area (Å²) in [4.78, 5) is 46.6. The lowest BCUT2D eigenvalue weighted by Gasteiger charge is -2.35. The Labute approximate surface area is 222 Å². The molecule has 1 aliphatic heterocycles. The van der Waals surface area contributed by atoms with Gasteiger partial charge in [0.1, 0.15) is 12.1 Å². The van der Waals surface area contributed by atoms with Crippen molar-refractivity contribution in [2.24, 2.45) is 11.3 Å². The topological polar surface area (TPSA) is 112 Å². The molecule has 9 heteroatoms. The van der Waals surface area contributed by atoms with Crippen LogP contribution in [0, 0.1) is 18.3 Å². The van der Waals surface area contributed by atoms with Crippen molar-refractivity contribution in [2.75, 3.05) is 6.54 Å². The molecule has 4 rings (SSSR count). The molecule has 8 nitrogen and oxygen atoms in total. The fourth-order valence-corrected chi connectivity index (χ4v) is 6.04. The molecule has 2 aliphatic rings. The SMILES string of the molecule is Cc1ncsc1-c1ccc(CNC(=O)C2C[C@@H](O)CN2C(=O)[C@@H](NC(=O)C2CCCC2)C(C)(C)C)cc1. The summed E-state index contributed by atoms with van der Waals surface area (Å²) in [6.45, 7) is 8.09. The average Bonchev–Trinajstić information content (AvgIpc) is 3.61. The summed E-state index contributed by atoms with van der Waals surface area (Å²) in [6, 6.07) is 6.40. The molecular weight excluding hydrogens is 488 g/mol. The summed E-state index contributed by atoms with van der Waals surface area (Å²) in [7, 11) is 0. The van der Waals surface area contributed by atoms with E-state index >= 15 is 0 Å². The van der Waals surface area contributed by atoms with Gasteiger partial charge in [-0.3, -0.25) is 14.4 Å². The second-order valence-electron chi connectivity index (χ2n) is 11.4. The normalized spacial score (nSPS) is 21.2. The van der Waals surface area contributed by atoms with Crippen LogP contribution in [0.5, 0.6) is 0 Å². The molecule has 3 atom stereocenters. The van der Waals surface area contributed by atoms with Crippen LogP contribution < -0.4 is 10.6 Å². The Hall–Kier alpha value is -2.78. The maximum absolute atomic E-state index is 13.7. The van der Waals surface area contributed by atoms with E-state index in [1.54, 1.807) is 11.3 Å². The fraction of sp³-hybridized carbons (Fsp3) is 0.571. The molecule has 1 aliphatic carbocycles. The first kappa shape index (κ1) is 27.3. The maximum atomic E-state index is 13.7. The van der Waals surface area contributed by atoms with E-state index in [0.717, 1.165) is 47.4 Å². The number of thiazole rings is 1. The van der Waals surface area contributed by atoms with Crippen molar-refractivity contribution in [2.45, 2.75) is 84.5 Å². The predicted molar refractivity (Wildman–Crippen MR) is 144 cm³/mol. The number of amides is 3. The van der Waals surface area contributed by atoms with Crippen LogP contribution in [-0.4, -0.2) is 57.4 Å². The number of hydrogen-bond donors (Lipinski definition) is 3. The van der Waals surface area contributed by atoms with Gasteiger partial charge in [0.25, 0.3) is 0 Å². The monoisotopic (exact) mass is 526 g/mol. The van der Waals surface area contributed by atoms with Crippen LogP contribution in [0.15, 0.2) is 29.8 Å². The molecule has 0 bridgehead atoms. The Morgan fingerprint density at radius 1 is 1.14 bits per heavy atom. The number of rotatable bonds is 7. The molecule has 1 unspecified atom stereocenters. The van der Waals surface area contributed by atoms with Crippen molar-refractivity contribution in [1.29, 1.82) is 0 Å². The minimum atomic E-state index is -0.784. The predicted octanol–water partition coefficient (Wildman–Crippen LogP) is 3.42. The Bertz CT molecular complexity index is 1120. The van der Waals surface area contributed by atoms with E-state index in [-0.39, 0.29) is 36.6 Å². The molecule has 37 heavy (non-hydrogen) atoms. The summed E-state index contributed by atoms with van der Waals surface area (Å²) in [5.74, 6) is -0.780. The largest absolute Gasteiger partial charge is 0.391 e. The van der Waals surface area contributed by atoms with Crippen molar-refractivity contribution in [3.63, 3.8) is 0 Å². The molecule has 3 N–H and O–H groups in total. The first-order chi connectivity index (χ1) is 17.5. The number of likely N-dealkylation sites (tertiary alicyclic amines) is 1. The van der Waals surface area contributed by atoms with Gasteiger partial charge in [-0.15, -0.1) is 11.3 Å². The number of carbonyl (C=O) groups excluding carboxylic acids is 3. The van der Waals surface area contributed by atoms with Crippen LogP contribution in [-0.2, 0) is 20.9 Å². The summed E-state index contributed by atoms with van der Waals surface area (Å²) in [6.07, 6.45) is 3.13. The van der Waals surface area contributed by atoms with E-state index in [1.807, 2.05) is 57.5 Å². The number of aryl methyl sites for hydroxylation is 1. The maximum Gasteiger partial charge on any atom is 0.246 e. The Morgan fingerprint density at radius 2 is 1.81 bits per heavy atom. The van der Waals surface area contributed by atoms with Gasteiger partial charge in [0, 0.05) is 25.4 Å². The van der Waals surface area contributed by atoms with E-state index in [2.05, 4.69) is 15.6 Å². The number of β-amino-alcohol motifs (C(OH)–C–C–N with tert-alkyl or cyclic N) is 1. The third-order valence-corrected chi connectivity index (χ3v) is 8.40. The molecule has 2 heterocycles. The van der Waals surface area contributed by atoms with Crippen molar-refractivity contribution < 1.29 is 19.5 Å². The zero-order chi connectivity index (χ0) is 26.7. The second kappa shape index (κ2) is 11.3. The van der Waals surface area contributed by atoms with Crippen LogP contribution in [0.2, 0.25) is 0 Å². The van der Waals surface area contributed by atoms with E-state index in [9.17, 15) is 19.5 Å². The molecular formula is C28H38N4O4S. The highest BCUT2D eigenvalue weighted by molar-refractivity contribution is 7.13. The molecule has 0 spiro atoms. The lowest BCUT2D eigenvalue weighted by molar-refractivity contribution is -0.144. The van der Waals surface area contributed by atoms with E-state index in [0.29, 0.717) is 6.54 Å². The lowest BCUT2D eigenvalue weighted by atomic mass is 9.85. The standard InChI is InChI=1S/C28H38N4O4S/c1-17-23(37-16-30-17)19-11-9-18(10-12-19)14-29-26(35)22-13-21(33)15-32(22)27(36)24(28(2,3)4)31-25(34)20-7-5-6-8-20/h9-12,16,20-22,24,33H,5-8,13-15H2,1-4H3,(H,29,35)(H,31,34)/t21-,22?,24-/m1/s1. The highest BCUT2D eigenvalue weighted by Gasteiger charge is 2.45. The molecule has 1 saturated heterocycles. The van der Waals surface area contributed by atoms with Gasteiger partial charge < -0.3 is 20.6 Å². The second-order valence-corrected chi connectivity index (χ2v) is 12.2. The smallest absolute Gasteiger partial charge is 0.246 e. The van der Waals surface area contributed by atoms with E-state index in [4.69, 9.17) is 0 Å². The molecule has 3 amide bonds. The fourth-order valence-electron chi connectivity index (χ4n) is 5.23. The van der Waals surface area contributed by atoms with E-state index < -0.39 is 23.6 Å². The van der Waals surface area contributed by atoms with Gasteiger partial charge in [0.15, 0.2) is 0 Å². The molecule has 1 aromatic carbocycles. The minimum Gasteiger partial charge on any atom is -0.391 e. The number of aromatic nitrogens is 1. The van der Waals surface area contributed by atoms with Gasteiger partial charge in [-0.2, -0.15) is 0 Å². The van der Waals surface area contributed by atoms with Gasteiger partial charge in [-0.05, 0) is 36.3 Å². The molecule has 2 fully saturated rings. The first-order valence-corrected chi connectivity index (χ1v) is 14.0. The third kappa shape index (κ3) is 6.38. The van der Waals surface area contributed by atoms with Crippen LogP contribution in [0.3, 0.4) is 0 Å². The number of nitrogens with one attached hydrogen (secondary N) is 2. The minimum absolute atomic E-state index is 0.0627. The lowest BCUT2D eigenvalue weighted by Crippen LogP contribution is -2.58. The molecule has 200 valence electrons. The summed E-state index contributed by atoms with van der Waals surface area (Å²) < 4.78 is 0. The van der Waals surface area contributed by atoms with Gasteiger partial charge in [0.2, 0.25) is 17.7 Å². The number of carbonyl (C=O) groups is 3. The molecule has 1 saturated carbocycles. The molecule has 2 aromatic rings. The van der Waals surface area contributed by atoms with Crippen LogP contribution in [0.25, 0.3) is 10.4 Å². The van der Waals surface area contributed by atoms with Crippen molar-refractivity contribution in [1.82, 2.24) is 20.5 Å². The number of benzene rings is 1. The van der Waals surface area contributed by atoms with Crippen LogP contribution >= 0.6 is 11.3 Å². The highest BCUT2D eigenvalue weighted by atomic mass is 32.1. The summed E-state index contributed by atoms with van der Waals surface area (Å²) in [5, 5.41) is 16.3. The van der Waals surface area contributed by atoms with Crippen molar-refractivity contribution >= 4 is 29.1 Å². The van der Waals surface area contributed by atoms with Gasteiger partial charge >= 0.3 is 0 Å². The Morgan fingerprint density at radius 3 is 2.41 bits per heavy atom. The molecule has 1 aromatic heterocycles. The van der Waals surface area contributed by atoms with Gasteiger partial charge in [-0.25, -0.2) is 4.98 Å². The number of aliphatic hydroxyl groups excluding tert-OH is 1. The Balaban J connectivity index is 1.41. The van der Waals surface area contributed by atoms with Crippen LogP contribution in [0.4, 0.5) is 0 Å². The quantitative estimate of drug-likeness (QED) is 0.512. The Kier molecular flexibility index (Phi) is 8.33. The number of nitrogens with zero attached hydrogens (tertiary/aromatic N) is 2. The number of hydrogen-bond acceptors (Lipinski definition) is 6. The van der Waals surface area contributed by atoms with E-state index in [1.165, 1.54) is 4.90 Å². The summed E-state index contributed by atoms with van der Waals surface area (Å²) >= 11 is 1.59. The average molecular weight is 527 g/mol. The highest BCUT2D eigenvalue weighted by Crippen LogP contribution is 2.30. The van der Waals surface area contributed by atoms with Gasteiger partial charge in [-0.1, -0.05) is 57.9 Å². The van der Waals surface area contributed by atoms with Crippen molar-refractivity contribution in [3.8, 4) is 10.4 Å². The summed E-state index contributed by atoms with van der Waals surface area (Å²) in [5.41, 5.74) is 4.29. The number of aliphatic hydroxyl groups is 1. The third-order valence-electron chi connectivity index (χ3n) is 7.42. The zero-order valence-electron chi connectivity index (χ0n) is 22.1. The molecule has 0 radical (unpaired) electrons. The zero-order valence-corrected chi connectivity index (χ0v) is 22.9. The van der Waals surface area contributed by atoms with Crippen molar-refractivity contribution in [3.05, 3.63) is 41.0 Å². The van der Waals surface area contributed by atoms with Gasteiger partial charge in [0.05, 0.1) is 22.2 Å².